The summed E-state index contributed by atoms with van der Waals surface area (Å²) in [5, 5.41) is 5.84. The summed E-state index contributed by atoms with van der Waals surface area (Å²) in [6.45, 7) is 0. The minimum Gasteiger partial charge on any atom is -0.372 e. The van der Waals surface area contributed by atoms with Crippen LogP contribution in [0.2, 0.25) is 0 Å². The molecule has 2 aromatic rings. The quantitative estimate of drug-likeness (QED) is 0.821. The first kappa shape index (κ1) is 14.9. The molecule has 4 nitrogen and oxygen atoms in total. The van der Waals surface area contributed by atoms with Crippen molar-refractivity contribution in [1.29, 1.82) is 0 Å². The lowest BCUT2D eigenvalue weighted by molar-refractivity contribution is 0.102. The number of pyridine rings is 1. The molecule has 2 rings (SSSR count). The lowest BCUT2D eigenvalue weighted by atomic mass is 10.2. The molecule has 1 aromatic carbocycles. The van der Waals surface area contributed by atoms with Gasteiger partial charge in [-0.2, -0.15) is 0 Å². The van der Waals surface area contributed by atoms with Crippen molar-refractivity contribution in [2.75, 3.05) is 23.9 Å². The topological polar surface area (TPSA) is 54.0 Å². The van der Waals surface area contributed by atoms with Gasteiger partial charge in [0.2, 0.25) is 0 Å². The second-order valence-electron chi connectivity index (χ2n) is 3.95. The third-order valence-electron chi connectivity index (χ3n) is 2.69. The van der Waals surface area contributed by atoms with Gasteiger partial charge in [-0.05, 0) is 40.4 Å². The number of thioether (sulfide) groups is 1. The van der Waals surface area contributed by atoms with Gasteiger partial charge >= 0.3 is 0 Å². The van der Waals surface area contributed by atoms with Gasteiger partial charge in [-0.25, -0.2) is 4.98 Å². The van der Waals surface area contributed by atoms with E-state index >= 15 is 0 Å². The zero-order valence-corrected chi connectivity index (χ0v) is 13.5. The van der Waals surface area contributed by atoms with Gasteiger partial charge in [-0.1, -0.05) is 12.1 Å². The number of nitrogens with zero attached hydrogens (tertiary/aromatic N) is 1. The minimum absolute atomic E-state index is 0.190. The van der Waals surface area contributed by atoms with Crippen LogP contribution in [0.15, 0.2) is 45.9 Å². The fourth-order valence-corrected chi connectivity index (χ4v) is 2.63. The Balaban J connectivity index is 2.30. The van der Waals surface area contributed by atoms with Gasteiger partial charge in [-0.15, -0.1) is 11.8 Å². The van der Waals surface area contributed by atoms with E-state index in [-0.39, 0.29) is 5.91 Å². The Morgan fingerprint density at radius 3 is 2.80 bits per heavy atom. The number of carbonyl (C=O) groups excluding carboxylic acids is 1. The van der Waals surface area contributed by atoms with Crippen LogP contribution in [0.4, 0.5) is 11.5 Å². The van der Waals surface area contributed by atoms with E-state index in [9.17, 15) is 4.79 Å². The van der Waals surface area contributed by atoms with Gasteiger partial charge in [0.25, 0.3) is 5.91 Å². The molecule has 6 heteroatoms. The molecule has 0 bridgehead atoms. The number of hydrogen-bond donors (Lipinski definition) is 2. The molecule has 0 spiro atoms. The van der Waals surface area contributed by atoms with Crippen LogP contribution < -0.4 is 10.6 Å². The maximum atomic E-state index is 12.4. The highest BCUT2D eigenvalue weighted by Crippen LogP contribution is 2.26. The SMILES string of the molecule is CNc1ncc(Br)cc1C(=O)Nc1ccccc1SC. The number of aromatic nitrogens is 1. The molecule has 0 fully saturated rings. The Bertz CT molecular complexity index is 634. The summed E-state index contributed by atoms with van der Waals surface area (Å²) in [6.07, 6.45) is 3.63. The summed E-state index contributed by atoms with van der Waals surface area (Å²) < 4.78 is 0.764. The lowest BCUT2D eigenvalue weighted by Crippen LogP contribution is -2.15. The van der Waals surface area contributed by atoms with Crippen LogP contribution in [0.5, 0.6) is 0 Å². The number of nitrogens with one attached hydrogen (secondary N) is 2. The van der Waals surface area contributed by atoms with E-state index in [2.05, 4.69) is 31.5 Å². The Morgan fingerprint density at radius 1 is 1.35 bits per heavy atom. The van der Waals surface area contributed by atoms with Crippen LogP contribution >= 0.6 is 27.7 Å². The zero-order valence-electron chi connectivity index (χ0n) is 11.1. The predicted molar refractivity (Wildman–Crippen MR) is 87.7 cm³/mol. The monoisotopic (exact) mass is 351 g/mol. The second-order valence-corrected chi connectivity index (χ2v) is 5.72. The Kier molecular flexibility index (Phi) is 5.03. The molecule has 0 aliphatic rings. The number of benzene rings is 1. The fraction of sp³-hybridized carbons (Fsp3) is 0.143. The number of hydrogen-bond acceptors (Lipinski definition) is 4. The van der Waals surface area contributed by atoms with Crippen molar-refractivity contribution < 1.29 is 4.79 Å². The number of carbonyl (C=O) groups is 1. The van der Waals surface area contributed by atoms with Crippen LogP contribution in [-0.4, -0.2) is 24.2 Å². The Labute approximate surface area is 130 Å². The second kappa shape index (κ2) is 6.76. The van der Waals surface area contributed by atoms with Gasteiger partial charge in [-0.3, -0.25) is 4.79 Å². The third kappa shape index (κ3) is 3.32. The summed E-state index contributed by atoms with van der Waals surface area (Å²) in [6, 6.07) is 9.44. The average Bonchev–Trinajstić information content (AvgIpc) is 2.47. The van der Waals surface area contributed by atoms with Crippen molar-refractivity contribution in [3.05, 3.63) is 46.6 Å². The highest BCUT2D eigenvalue weighted by molar-refractivity contribution is 9.10. The smallest absolute Gasteiger partial charge is 0.259 e. The molecule has 1 amide bonds. The van der Waals surface area contributed by atoms with E-state index < -0.39 is 0 Å². The molecule has 0 aliphatic heterocycles. The van der Waals surface area contributed by atoms with Gasteiger partial charge in [0.1, 0.15) is 5.82 Å². The van der Waals surface area contributed by atoms with Gasteiger partial charge in [0.05, 0.1) is 11.3 Å². The van der Waals surface area contributed by atoms with E-state index in [1.54, 1.807) is 31.1 Å². The van der Waals surface area contributed by atoms with Crippen molar-refractivity contribution in [2.45, 2.75) is 4.90 Å². The molecule has 0 saturated carbocycles. The van der Waals surface area contributed by atoms with E-state index in [0.29, 0.717) is 11.4 Å². The predicted octanol–water partition coefficient (Wildman–Crippen LogP) is 3.86. The summed E-state index contributed by atoms with van der Waals surface area (Å²) in [4.78, 5) is 17.6. The molecule has 20 heavy (non-hydrogen) atoms. The number of anilines is 2. The standard InChI is InChI=1S/C14H14BrN3OS/c1-16-13-10(7-9(15)8-17-13)14(19)18-11-5-3-4-6-12(11)20-2/h3-8H,1-2H3,(H,16,17)(H,18,19). The molecule has 0 radical (unpaired) electrons. The normalized spacial score (nSPS) is 10.2. The molecule has 0 atom stereocenters. The molecule has 1 heterocycles. The average molecular weight is 352 g/mol. The zero-order chi connectivity index (χ0) is 14.5. The molecule has 0 saturated heterocycles. The van der Waals surface area contributed by atoms with Crippen molar-refractivity contribution in [2.24, 2.45) is 0 Å². The summed E-state index contributed by atoms with van der Waals surface area (Å²) >= 11 is 4.92. The summed E-state index contributed by atoms with van der Waals surface area (Å²) in [5.74, 6) is 0.358. The van der Waals surface area contributed by atoms with E-state index in [1.807, 2.05) is 30.5 Å². The van der Waals surface area contributed by atoms with Crippen molar-refractivity contribution in [3.63, 3.8) is 0 Å². The highest BCUT2D eigenvalue weighted by atomic mass is 79.9. The molecule has 104 valence electrons. The number of para-hydroxylation sites is 1. The maximum Gasteiger partial charge on any atom is 0.259 e. The van der Waals surface area contributed by atoms with E-state index in [1.165, 1.54) is 0 Å². The molecular formula is C14H14BrN3OS. The summed E-state index contributed by atoms with van der Waals surface area (Å²) in [5.41, 5.74) is 1.30. The maximum absolute atomic E-state index is 12.4. The minimum atomic E-state index is -0.190. The first-order valence-corrected chi connectivity index (χ1v) is 7.95. The van der Waals surface area contributed by atoms with Crippen LogP contribution in [0.1, 0.15) is 10.4 Å². The highest BCUT2D eigenvalue weighted by Gasteiger charge is 2.14. The first-order chi connectivity index (χ1) is 9.65. The number of amides is 1. The van der Waals surface area contributed by atoms with E-state index in [0.717, 1.165) is 15.1 Å². The molecule has 1 aromatic heterocycles. The number of rotatable bonds is 4. The van der Waals surface area contributed by atoms with Gasteiger partial charge in [0, 0.05) is 22.6 Å². The van der Waals surface area contributed by atoms with Crippen LogP contribution in [-0.2, 0) is 0 Å². The van der Waals surface area contributed by atoms with Gasteiger partial charge < -0.3 is 10.6 Å². The molecule has 0 aliphatic carbocycles. The van der Waals surface area contributed by atoms with Crippen molar-refractivity contribution in [1.82, 2.24) is 4.98 Å². The Morgan fingerprint density at radius 2 is 2.10 bits per heavy atom. The Hall–Kier alpha value is -1.53. The third-order valence-corrected chi connectivity index (χ3v) is 3.92. The first-order valence-electron chi connectivity index (χ1n) is 5.93. The van der Waals surface area contributed by atoms with Crippen molar-refractivity contribution in [3.8, 4) is 0 Å². The van der Waals surface area contributed by atoms with E-state index in [4.69, 9.17) is 0 Å². The van der Waals surface area contributed by atoms with Crippen LogP contribution in [0.3, 0.4) is 0 Å². The largest absolute Gasteiger partial charge is 0.372 e. The van der Waals surface area contributed by atoms with Crippen molar-refractivity contribution >= 4 is 45.1 Å². The molecule has 0 unspecified atom stereocenters. The van der Waals surface area contributed by atoms with Crippen LogP contribution in [0.25, 0.3) is 0 Å². The molecular weight excluding hydrogens is 338 g/mol. The molecule has 2 N–H and O–H groups in total. The fourth-order valence-electron chi connectivity index (χ4n) is 1.75. The van der Waals surface area contributed by atoms with Gasteiger partial charge in [0.15, 0.2) is 0 Å². The number of halogens is 1. The summed E-state index contributed by atoms with van der Waals surface area (Å²) in [7, 11) is 1.74. The lowest BCUT2D eigenvalue weighted by Gasteiger charge is -2.11. The van der Waals surface area contributed by atoms with Crippen LogP contribution in [0, 0.1) is 0 Å².